The third kappa shape index (κ3) is 2.09. The van der Waals surface area contributed by atoms with Crippen molar-refractivity contribution in [2.75, 3.05) is 16.8 Å². The number of hydrogen-bond donors (Lipinski definition) is 1. The number of hydrogen-bond acceptors (Lipinski definition) is 4. The molecule has 0 saturated carbocycles. The normalized spacial score (nSPS) is 21.1. The van der Waals surface area contributed by atoms with Crippen molar-refractivity contribution in [2.24, 2.45) is 5.92 Å². The summed E-state index contributed by atoms with van der Waals surface area (Å²) in [5.41, 5.74) is 0. The fourth-order valence-electron chi connectivity index (χ4n) is 1.39. The molecule has 0 spiro atoms. The molecule has 76 valence electrons. The van der Waals surface area contributed by atoms with Crippen molar-refractivity contribution in [3.05, 3.63) is 11.8 Å². The van der Waals surface area contributed by atoms with Crippen LogP contribution in [0.2, 0.25) is 0 Å². The zero-order valence-corrected chi connectivity index (χ0v) is 8.76. The van der Waals surface area contributed by atoms with Crippen molar-refractivity contribution >= 4 is 23.5 Å². The fraction of sp³-hybridized carbons (Fsp3) is 0.556. The summed E-state index contributed by atoms with van der Waals surface area (Å²) in [5.74, 6) is 3.42. The van der Waals surface area contributed by atoms with E-state index in [1.807, 2.05) is 11.8 Å². The highest BCUT2D eigenvalue weighted by Crippen LogP contribution is 2.24. The standard InChI is InChI=1S/C9H12N2O2S/c1-6-4-8(11-13-6)10-9(12)7-2-3-14-5-7/h4,7H,2-3,5H2,1H3,(H,10,11,12). The molecular weight excluding hydrogens is 200 g/mol. The van der Waals surface area contributed by atoms with Crippen LogP contribution in [-0.4, -0.2) is 22.6 Å². The Morgan fingerprint density at radius 3 is 3.21 bits per heavy atom. The second kappa shape index (κ2) is 4.04. The molecule has 1 aromatic heterocycles. The molecule has 0 radical (unpaired) electrons. The van der Waals surface area contributed by atoms with Gasteiger partial charge in [0.05, 0.1) is 0 Å². The monoisotopic (exact) mass is 212 g/mol. The molecule has 1 N–H and O–H groups in total. The van der Waals surface area contributed by atoms with E-state index in [4.69, 9.17) is 4.52 Å². The van der Waals surface area contributed by atoms with E-state index in [0.29, 0.717) is 11.6 Å². The maximum absolute atomic E-state index is 11.6. The minimum atomic E-state index is 0.0586. The number of aryl methyl sites for hydroxylation is 1. The molecule has 1 aromatic rings. The molecule has 14 heavy (non-hydrogen) atoms. The first kappa shape index (κ1) is 9.58. The van der Waals surface area contributed by atoms with Crippen LogP contribution in [0.25, 0.3) is 0 Å². The van der Waals surface area contributed by atoms with Crippen LogP contribution in [-0.2, 0) is 4.79 Å². The van der Waals surface area contributed by atoms with Crippen LogP contribution in [0.15, 0.2) is 10.6 Å². The molecule has 0 bridgehead atoms. The van der Waals surface area contributed by atoms with E-state index in [-0.39, 0.29) is 11.8 Å². The van der Waals surface area contributed by atoms with Gasteiger partial charge in [-0.2, -0.15) is 11.8 Å². The molecular formula is C9H12N2O2S. The average molecular weight is 212 g/mol. The SMILES string of the molecule is Cc1cc(NC(=O)C2CCSC2)no1. The van der Waals surface area contributed by atoms with E-state index in [2.05, 4.69) is 10.5 Å². The maximum Gasteiger partial charge on any atom is 0.229 e. The molecule has 1 unspecified atom stereocenters. The zero-order chi connectivity index (χ0) is 9.97. The van der Waals surface area contributed by atoms with Crippen LogP contribution in [0.3, 0.4) is 0 Å². The fourth-order valence-corrected chi connectivity index (χ4v) is 2.62. The Balaban J connectivity index is 1.93. The van der Waals surface area contributed by atoms with E-state index in [0.717, 1.165) is 17.9 Å². The number of carbonyl (C=O) groups is 1. The first-order valence-corrected chi connectivity index (χ1v) is 5.73. The van der Waals surface area contributed by atoms with Gasteiger partial charge < -0.3 is 9.84 Å². The topological polar surface area (TPSA) is 55.1 Å². The van der Waals surface area contributed by atoms with Gasteiger partial charge in [0.2, 0.25) is 5.91 Å². The third-order valence-electron chi connectivity index (χ3n) is 2.18. The van der Waals surface area contributed by atoms with Gasteiger partial charge in [0.15, 0.2) is 5.82 Å². The third-order valence-corrected chi connectivity index (χ3v) is 3.34. The van der Waals surface area contributed by atoms with Crippen molar-refractivity contribution < 1.29 is 9.32 Å². The number of aromatic nitrogens is 1. The number of carbonyl (C=O) groups excluding carboxylic acids is 1. The summed E-state index contributed by atoms with van der Waals surface area (Å²) in [6.45, 7) is 1.80. The first-order chi connectivity index (χ1) is 6.75. The van der Waals surface area contributed by atoms with Crippen molar-refractivity contribution in [1.29, 1.82) is 0 Å². The summed E-state index contributed by atoms with van der Waals surface area (Å²) in [6, 6.07) is 1.72. The van der Waals surface area contributed by atoms with Gasteiger partial charge in [0, 0.05) is 17.7 Å². The number of anilines is 1. The van der Waals surface area contributed by atoms with Crippen LogP contribution >= 0.6 is 11.8 Å². The number of thioether (sulfide) groups is 1. The van der Waals surface area contributed by atoms with E-state index in [1.54, 1.807) is 13.0 Å². The molecule has 2 rings (SSSR count). The molecule has 0 aliphatic carbocycles. The largest absolute Gasteiger partial charge is 0.360 e. The molecule has 0 aromatic carbocycles. The van der Waals surface area contributed by atoms with Gasteiger partial charge in [0.25, 0.3) is 0 Å². The first-order valence-electron chi connectivity index (χ1n) is 4.57. The van der Waals surface area contributed by atoms with Crippen molar-refractivity contribution in [2.45, 2.75) is 13.3 Å². The van der Waals surface area contributed by atoms with Crippen LogP contribution < -0.4 is 5.32 Å². The number of amides is 1. The van der Waals surface area contributed by atoms with Gasteiger partial charge in [-0.15, -0.1) is 0 Å². The number of rotatable bonds is 2. The quantitative estimate of drug-likeness (QED) is 0.810. The Morgan fingerprint density at radius 1 is 1.79 bits per heavy atom. The minimum Gasteiger partial charge on any atom is -0.360 e. The molecule has 5 heteroatoms. The molecule has 1 amide bonds. The van der Waals surface area contributed by atoms with Gasteiger partial charge in [-0.05, 0) is 19.1 Å². The summed E-state index contributed by atoms with van der Waals surface area (Å²) in [4.78, 5) is 11.6. The molecule has 2 heterocycles. The van der Waals surface area contributed by atoms with Crippen molar-refractivity contribution in [3.63, 3.8) is 0 Å². The summed E-state index contributed by atoms with van der Waals surface area (Å²) < 4.78 is 4.86. The molecule has 1 fully saturated rings. The van der Waals surface area contributed by atoms with Crippen LogP contribution in [0.4, 0.5) is 5.82 Å². The molecule has 1 aliphatic heterocycles. The summed E-state index contributed by atoms with van der Waals surface area (Å²) >= 11 is 1.82. The Hall–Kier alpha value is -0.970. The molecule has 1 atom stereocenters. The van der Waals surface area contributed by atoms with Gasteiger partial charge in [-0.25, -0.2) is 0 Å². The summed E-state index contributed by atoms with van der Waals surface area (Å²) in [6.07, 6.45) is 0.966. The minimum absolute atomic E-state index is 0.0586. The predicted molar refractivity (Wildman–Crippen MR) is 55.3 cm³/mol. The van der Waals surface area contributed by atoms with E-state index in [1.165, 1.54) is 0 Å². The van der Waals surface area contributed by atoms with Gasteiger partial charge in [-0.3, -0.25) is 4.79 Å². The second-order valence-electron chi connectivity index (χ2n) is 3.37. The molecule has 1 aliphatic rings. The van der Waals surface area contributed by atoms with Gasteiger partial charge in [-0.1, -0.05) is 5.16 Å². The number of nitrogens with zero attached hydrogens (tertiary/aromatic N) is 1. The Kier molecular flexibility index (Phi) is 2.77. The average Bonchev–Trinajstić information content (AvgIpc) is 2.75. The second-order valence-corrected chi connectivity index (χ2v) is 4.52. The highest BCUT2D eigenvalue weighted by molar-refractivity contribution is 7.99. The molecule has 1 saturated heterocycles. The zero-order valence-electron chi connectivity index (χ0n) is 7.95. The van der Waals surface area contributed by atoms with Gasteiger partial charge in [0.1, 0.15) is 5.76 Å². The smallest absolute Gasteiger partial charge is 0.229 e. The Morgan fingerprint density at radius 2 is 2.64 bits per heavy atom. The summed E-state index contributed by atoms with van der Waals surface area (Å²) in [5, 5.41) is 6.46. The van der Waals surface area contributed by atoms with Crippen LogP contribution in [0.5, 0.6) is 0 Å². The van der Waals surface area contributed by atoms with E-state index >= 15 is 0 Å². The van der Waals surface area contributed by atoms with Crippen LogP contribution in [0.1, 0.15) is 12.2 Å². The highest BCUT2D eigenvalue weighted by Gasteiger charge is 2.23. The van der Waals surface area contributed by atoms with Gasteiger partial charge >= 0.3 is 0 Å². The van der Waals surface area contributed by atoms with E-state index < -0.39 is 0 Å². The Bertz CT molecular complexity index is 331. The summed E-state index contributed by atoms with van der Waals surface area (Å²) in [7, 11) is 0. The van der Waals surface area contributed by atoms with Crippen molar-refractivity contribution in [3.8, 4) is 0 Å². The lowest BCUT2D eigenvalue weighted by molar-refractivity contribution is -0.119. The highest BCUT2D eigenvalue weighted by atomic mass is 32.2. The van der Waals surface area contributed by atoms with E-state index in [9.17, 15) is 4.79 Å². The lowest BCUT2D eigenvalue weighted by atomic mass is 10.1. The lowest BCUT2D eigenvalue weighted by Crippen LogP contribution is -2.22. The van der Waals surface area contributed by atoms with Crippen LogP contribution in [0, 0.1) is 12.8 Å². The molecule has 4 nitrogen and oxygen atoms in total. The number of nitrogens with one attached hydrogen (secondary N) is 1. The van der Waals surface area contributed by atoms with Crippen molar-refractivity contribution in [1.82, 2.24) is 5.16 Å². The maximum atomic E-state index is 11.6. The Labute approximate surface area is 86.4 Å². The lowest BCUT2D eigenvalue weighted by Gasteiger charge is -2.06. The predicted octanol–water partition coefficient (Wildman–Crippen LogP) is 1.67.